The van der Waals surface area contributed by atoms with Gasteiger partial charge in [-0.15, -0.1) is 0 Å². The van der Waals surface area contributed by atoms with Crippen molar-refractivity contribution in [2.24, 2.45) is 0 Å². The molecular weight excluding hydrogens is 186 g/mol. The maximum Gasteiger partial charge on any atom is 0.222 e. The quantitative estimate of drug-likeness (QED) is 0.534. The Balaban J connectivity index is 3.76. The summed E-state index contributed by atoms with van der Waals surface area (Å²) in [4.78, 5) is 11.3. The fraction of sp³-hybridized carbons (Fsp3) is 0.889. The Hall–Kier alpha value is -0.650. The van der Waals surface area contributed by atoms with Crippen LogP contribution in [0.5, 0.6) is 0 Å². The number of ether oxygens (including phenoxy) is 1. The van der Waals surface area contributed by atoms with E-state index in [0.717, 1.165) is 0 Å². The van der Waals surface area contributed by atoms with Crippen molar-refractivity contribution in [3.8, 4) is 0 Å². The van der Waals surface area contributed by atoms with E-state index >= 15 is 0 Å². The van der Waals surface area contributed by atoms with Gasteiger partial charge in [-0.3, -0.25) is 4.79 Å². The molecule has 0 saturated heterocycles. The minimum Gasteiger partial charge on any atom is -0.394 e. The van der Waals surface area contributed by atoms with E-state index in [2.05, 4.69) is 5.32 Å². The van der Waals surface area contributed by atoms with Gasteiger partial charge in [0.2, 0.25) is 5.91 Å². The fourth-order valence-electron chi connectivity index (χ4n) is 0.818. The molecule has 84 valence electrons. The highest BCUT2D eigenvalue weighted by atomic mass is 16.5. The molecular formula is C9H19NO4. The van der Waals surface area contributed by atoms with Crippen molar-refractivity contribution in [1.82, 2.24) is 5.32 Å². The van der Waals surface area contributed by atoms with E-state index in [1.807, 2.05) is 0 Å². The van der Waals surface area contributed by atoms with Crippen molar-refractivity contribution in [2.75, 3.05) is 20.3 Å². The number of methoxy groups -OCH3 is 1. The van der Waals surface area contributed by atoms with E-state index in [4.69, 9.17) is 14.9 Å². The zero-order chi connectivity index (χ0) is 11.2. The van der Waals surface area contributed by atoms with E-state index < -0.39 is 11.7 Å². The van der Waals surface area contributed by atoms with Crippen LogP contribution >= 0.6 is 0 Å². The second-order valence-corrected chi connectivity index (χ2v) is 3.78. The van der Waals surface area contributed by atoms with Crippen LogP contribution in [0.2, 0.25) is 0 Å². The summed E-state index contributed by atoms with van der Waals surface area (Å²) in [7, 11) is 1.54. The van der Waals surface area contributed by atoms with Crippen LogP contribution in [0.15, 0.2) is 0 Å². The molecule has 0 aromatic rings. The van der Waals surface area contributed by atoms with Crippen LogP contribution in [0.1, 0.15) is 20.3 Å². The van der Waals surface area contributed by atoms with Gasteiger partial charge in [-0.25, -0.2) is 0 Å². The normalized spacial score (nSPS) is 13.8. The Morgan fingerprint density at radius 1 is 1.57 bits per heavy atom. The third-order valence-corrected chi connectivity index (χ3v) is 1.88. The predicted octanol–water partition coefficient (Wildman–Crippen LogP) is -0.729. The molecule has 0 aliphatic carbocycles. The molecule has 1 amide bonds. The maximum absolute atomic E-state index is 11.3. The SMILES string of the molecule is COC(C)(C)CC(=O)NCC(O)CO. The Morgan fingerprint density at radius 2 is 2.14 bits per heavy atom. The minimum atomic E-state index is -0.899. The van der Waals surface area contributed by atoms with Gasteiger partial charge in [-0.05, 0) is 13.8 Å². The van der Waals surface area contributed by atoms with Crippen LogP contribution < -0.4 is 5.32 Å². The first-order valence-electron chi connectivity index (χ1n) is 4.52. The molecule has 0 aliphatic heterocycles. The zero-order valence-electron chi connectivity index (χ0n) is 8.91. The molecule has 0 rings (SSSR count). The molecule has 0 saturated carbocycles. The van der Waals surface area contributed by atoms with Crippen molar-refractivity contribution >= 4 is 5.91 Å². The van der Waals surface area contributed by atoms with Crippen LogP contribution in [0.3, 0.4) is 0 Å². The second kappa shape index (κ2) is 5.95. The van der Waals surface area contributed by atoms with Gasteiger partial charge in [0.25, 0.3) is 0 Å². The smallest absolute Gasteiger partial charge is 0.222 e. The molecule has 0 aromatic heterocycles. The van der Waals surface area contributed by atoms with Gasteiger partial charge in [-0.2, -0.15) is 0 Å². The number of aliphatic hydroxyl groups excluding tert-OH is 2. The highest BCUT2D eigenvalue weighted by molar-refractivity contribution is 5.76. The summed E-state index contributed by atoms with van der Waals surface area (Å²) in [6.45, 7) is 3.31. The number of amides is 1. The van der Waals surface area contributed by atoms with Gasteiger partial charge >= 0.3 is 0 Å². The predicted molar refractivity (Wildman–Crippen MR) is 51.8 cm³/mol. The molecule has 0 spiro atoms. The maximum atomic E-state index is 11.3. The standard InChI is InChI=1S/C9H19NO4/c1-9(2,14-3)4-8(13)10-5-7(12)6-11/h7,11-12H,4-6H2,1-3H3,(H,10,13). The van der Waals surface area contributed by atoms with E-state index in [-0.39, 0.29) is 25.5 Å². The minimum absolute atomic E-state index is 0.0646. The first-order valence-corrected chi connectivity index (χ1v) is 4.52. The van der Waals surface area contributed by atoms with Crippen LogP contribution in [0.25, 0.3) is 0 Å². The Bertz CT molecular complexity index is 182. The number of carbonyl (C=O) groups is 1. The summed E-state index contributed by atoms with van der Waals surface area (Å²) >= 11 is 0. The lowest BCUT2D eigenvalue weighted by molar-refractivity contribution is -0.126. The largest absolute Gasteiger partial charge is 0.394 e. The molecule has 1 atom stereocenters. The molecule has 0 fully saturated rings. The van der Waals surface area contributed by atoms with Gasteiger partial charge in [0.1, 0.15) is 0 Å². The summed E-state index contributed by atoms with van der Waals surface area (Å²) in [6, 6.07) is 0. The van der Waals surface area contributed by atoms with Crippen LogP contribution in [0.4, 0.5) is 0 Å². The highest BCUT2D eigenvalue weighted by Gasteiger charge is 2.21. The number of carbonyl (C=O) groups excluding carboxylic acids is 1. The molecule has 0 aliphatic rings. The molecule has 0 radical (unpaired) electrons. The Kier molecular flexibility index (Phi) is 5.68. The number of nitrogens with one attached hydrogen (secondary N) is 1. The topological polar surface area (TPSA) is 78.8 Å². The average molecular weight is 205 g/mol. The number of hydrogen-bond donors (Lipinski definition) is 3. The number of rotatable bonds is 6. The molecule has 0 heterocycles. The van der Waals surface area contributed by atoms with Crippen LogP contribution in [-0.4, -0.2) is 48.1 Å². The Morgan fingerprint density at radius 3 is 2.57 bits per heavy atom. The zero-order valence-corrected chi connectivity index (χ0v) is 8.91. The van der Waals surface area contributed by atoms with Gasteiger partial charge in [0, 0.05) is 13.7 Å². The number of hydrogen-bond acceptors (Lipinski definition) is 4. The molecule has 5 nitrogen and oxygen atoms in total. The van der Waals surface area contributed by atoms with Crippen molar-refractivity contribution < 1.29 is 19.7 Å². The molecule has 14 heavy (non-hydrogen) atoms. The second-order valence-electron chi connectivity index (χ2n) is 3.78. The van der Waals surface area contributed by atoms with E-state index in [1.165, 1.54) is 7.11 Å². The Labute approximate surface area is 84.1 Å². The fourth-order valence-corrected chi connectivity index (χ4v) is 0.818. The van der Waals surface area contributed by atoms with Gasteiger partial charge in [0.15, 0.2) is 0 Å². The van der Waals surface area contributed by atoms with Crippen molar-refractivity contribution in [1.29, 1.82) is 0 Å². The van der Waals surface area contributed by atoms with Crippen molar-refractivity contribution in [3.05, 3.63) is 0 Å². The lowest BCUT2D eigenvalue weighted by Gasteiger charge is -2.22. The van der Waals surface area contributed by atoms with Gasteiger partial charge < -0.3 is 20.3 Å². The first kappa shape index (κ1) is 13.4. The summed E-state index contributed by atoms with van der Waals surface area (Å²) < 4.78 is 5.07. The van der Waals surface area contributed by atoms with Gasteiger partial charge in [0.05, 0.1) is 24.7 Å². The lowest BCUT2D eigenvalue weighted by atomic mass is 10.1. The van der Waals surface area contributed by atoms with Crippen molar-refractivity contribution in [3.63, 3.8) is 0 Å². The van der Waals surface area contributed by atoms with Gasteiger partial charge in [-0.1, -0.05) is 0 Å². The lowest BCUT2D eigenvalue weighted by Crippen LogP contribution is -2.38. The van der Waals surface area contributed by atoms with Crippen LogP contribution in [0, 0.1) is 0 Å². The van der Waals surface area contributed by atoms with E-state index in [1.54, 1.807) is 13.8 Å². The summed E-state index contributed by atoms with van der Waals surface area (Å²) in [5.74, 6) is -0.204. The molecule has 3 N–H and O–H groups in total. The van der Waals surface area contributed by atoms with E-state index in [0.29, 0.717) is 0 Å². The highest BCUT2D eigenvalue weighted by Crippen LogP contribution is 2.11. The summed E-state index contributed by atoms with van der Waals surface area (Å²) in [5.41, 5.74) is -0.506. The third kappa shape index (κ3) is 5.90. The summed E-state index contributed by atoms with van der Waals surface area (Å²) in [5, 5.41) is 20.0. The number of aliphatic hydroxyl groups is 2. The molecule has 1 unspecified atom stereocenters. The first-order chi connectivity index (χ1) is 6.41. The molecule has 0 aromatic carbocycles. The summed E-state index contributed by atoms with van der Waals surface area (Å²) in [6.07, 6.45) is -0.675. The van der Waals surface area contributed by atoms with Crippen molar-refractivity contribution in [2.45, 2.75) is 32.0 Å². The monoisotopic (exact) mass is 205 g/mol. The third-order valence-electron chi connectivity index (χ3n) is 1.88. The van der Waals surface area contributed by atoms with E-state index in [9.17, 15) is 4.79 Å². The molecule has 0 bridgehead atoms. The average Bonchev–Trinajstić information content (AvgIpc) is 2.13. The molecule has 5 heteroatoms. The van der Waals surface area contributed by atoms with Crippen LogP contribution in [-0.2, 0) is 9.53 Å².